The van der Waals surface area contributed by atoms with Crippen molar-refractivity contribution in [2.75, 3.05) is 26.2 Å². The zero-order valence-corrected chi connectivity index (χ0v) is 15.3. The number of rotatable bonds is 5. The smallest absolute Gasteiger partial charge is 0.245 e. The molecule has 1 heterocycles. The van der Waals surface area contributed by atoms with Gasteiger partial charge in [-0.2, -0.15) is 0 Å². The van der Waals surface area contributed by atoms with Crippen LogP contribution in [0.15, 0.2) is 24.3 Å². The fourth-order valence-electron chi connectivity index (χ4n) is 2.95. The number of halogens is 1. The van der Waals surface area contributed by atoms with Crippen molar-refractivity contribution in [3.63, 3.8) is 0 Å². The van der Waals surface area contributed by atoms with Crippen molar-refractivity contribution in [3.05, 3.63) is 34.9 Å². The summed E-state index contributed by atoms with van der Waals surface area (Å²) in [5, 5.41) is 3.52. The summed E-state index contributed by atoms with van der Waals surface area (Å²) in [5.74, 6) is -0.0739. The van der Waals surface area contributed by atoms with Crippen molar-refractivity contribution >= 4 is 23.4 Å². The van der Waals surface area contributed by atoms with E-state index in [2.05, 4.69) is 16.3 Å². The number of nitrogens with zero attached hydrogens (tertiary/aromatic N) is 2. The number of hydrogen-bond donors (Lipinski definition) is 1. The Bertz CT molecular complexity index is 583. The summed E-state index contributed by atoms with van der Waals surface area (Å²) >= 11 is 6.03. The molecule has 1 aliphatic heterocycles. The van der Waals surface area contributed by atoms with Crippen LogP contribution in [0.2, 0.25) is 5.02 Å². The van der Waals surface area contributed by atoms with Gasteiger partial charge in [0, 0.05) is 44.7 Å². The van der Waals surface area contributed by atoms with E-state index in [1.54, 1.807) is 0 Å². The molecule has 1 unspecified atom stereocenters. The first-order chi connectivity index (χ1) is 11.4. The van der Waals surface area contributed by atoms with Gasteiger partial charge >= 0.3 is 0 Å². The molecule has 0 radical (unpaired) electrons. The van der Waals surface area contributed by atoms with Gasteiger partial charge in [-0.15, -0.1) is 0 Å². The number of benzene rings is 1. The van der Waals surface area contributed by atoms with Gasteiger partial charge in [-0.25, -0.2) is 0 Å². The highest BCUT2D eigenvalue weighted by Gasteiger charge is 2.29. The van der Waals surface area contributed by atoms with E-state index in [0.29, 0.717) is 13.1 Å². The Morgan fingerprint density at radius 1 is 1.21 bits per heavy atom. The molecule has 1 saturated heterocycles. The first kappa shape index (κ1) is 18.7. The molecule has 0 aliphatic carbocycles. The van der Waals surface area contributed by atoms with Crippen LogP contribution in [0.4, 0.5) is 0 Å². The Balaban J connectivity index is 1.89. The molecule has 1 atom stereocenters. The SMILES string of the molecule is CC(=O)NC(C(=O)N1CCN(Cc2cccc(Cl)c2)CC1)C(C)C. The third-order valence-corrected chi connectivity index (χ3v) is 4.51. The van der Waals surface area contributed by atoms with E-state index in [1.807, 2.05) is 36.9 Å². The van der Waals surface area contributed by atoms with Crippen LogP contribution in [0.25, 0.3) is 0 Å². The zero-order valence-electron chi connectivity index (χ0n) is 14.6. The Kier molecular flexibility index (Phi) is 6.63. The van der Waals surface area contributed by atoms with Crippen molar-refractivity contribution in [2.45, 2.75) is 33.4 Å². The highest BCUT2D eigenvalue weighted by molar-refractivity contribution is 6.30. The van der Waals surface area contributed by atoms with E-state index >= 15 is 0 Å². The Labute approximate surface area is 149 Å². The van der Waals surface area contributed by atoms with Gasteiger partial charge in [0.2, 0.25) is 11.8 Å². The Morgan fingerprint density at radius 2 is 1.88 bits per heavy atom. The van der Waals surface area contributed by atoms with Crippen LogP contribution < -0.4 is 5.32 Å². The molecule has 1 N–H and O–H groups in total. The molecule has 24 heavy (non-hydrogen) atoms. The fraction of sp³-hybridized carbons (Fsp3) is 0.556. The summed E-state index contributed by atoms with van der Waals surface area (Å²) in [6.07, 6.45) is 0. The molecule has 2 rings (SSSR count). The van der Waals surface area contributed by atoms with Gasteiger partial charge in [0.15, 0.2) is 0 Å². The summed E-state index contributed by atoms with van der Waals surface area (Å²) in [6.45, 7) is 9.20. The lowest BCUT2D eigenvalue weighted by Crippen LogP contribution is -2.56. The zero-order chi connectivity index (χ0) is 17.7. The number of carbonyl (C=O) groups excluding carboxylic acids is 2. The van der Waals surface area contributed by atoms with E-state index in [0.717, 1.165) is 24.7 Å². The standard InChI is InChI=1S/C18H26ClN3O2/c1-13(2)17(20-14(3)23)18(24)22-9-7-21(8-10-22)12-15-5-4-6-16(19)11-15/h4-6,11,13,17H,7-10,12H2,1-3H3,(H,20,23). The van der Waals surface area contributed by atoms with E-state index in [-0.39, 0.29) is 17.7 Å². The maximum Gasteiger partial charge on any atom is 0.245 e. The highest BCUT2D eigenvalue weighted by atomic mass is 35.5. The minimum absolute atomic E-state index is 0.0163. The third-order valence-electron chi connectivity index (χ3n) is 4.27. The van der Waals surface area contributed by atoms with Gasteiger partial charge in [0.25, 0.3) is 0 Å². The molecule has 1 aromatic carbocycles. The average molecular weight is 352 g/mol. The molecule has 0 saturated carbocycles. The monoisotopic (exact) mass is 351 g/mol. The second-order valence-corrected chi connectivity index (χ2v) is 7.09. The van der Waals surface area contributed by atoms with Crippen LogP contribution in [0.3, 0.4) is 0 Å². The quantitative estimate of drug-likeness (QED) is 0.884. The van der Waals surface area contributed by atoms with Crippen LogP contribution in [-0.4, -0.2) is 53.8 Å². The number of amides is 2. The molecule has 132 valence electrons. The number of carbonyl (C=O) groups is 2. The molecule has 2 amide bonds. The second kappa shape index (κ2) is 8.49. The van der Waals surface area contributed by atoms with Crippen LogP contribution >= 0.6 is 11.6 Å². The summed E-state index contributed by atoms with van der Waals surface area (Å²) in [7, 11) is 0. The van der Waals surface area contributed by atoms with E-state index in [4.69, 9.17) is 11.6 Å². The van der Waals surface area contributed by atoms with Crippen molar-refractivity contribution < 1.29 is 9.59 Å². The van der Waals surface area contributed by atoms with Crippen molar-refractivity contribution in [3.8, 4) is 0 Å². The number of hydrogen-bond acceptors (Lipinski definition) is 3. The van der Waals surface area contributed by atoms with Gasteiger partial charge in [-0.3, -0.25) is 14.5 Å². The molecule has 0 aromatic heterocycles. The van der Waals surface area contributed by atoms with Crippen LogP contribution in [0.5, 0.6) is 0 Å². The molecule has 1 aromatic rings. The maximum absolute atomic E-state index is 12.7. The first-order valence-corrected chi connectivity index (χ1v) is 8.77. The molecule has 1 aliphatic rings. The van der Waals surface area contributed by atoms with Crippen LogP contribution in [0, 0.1) is 5.92 Å². The minimum atomic E-state index is -0.443. The van der Waals surface area contributed by atoms with Gasteiger partial charge in [0.05, 0.1) is 0 Å². The summed E-state index contributed by atoms with van der Waals surface area (Å²) in [5.41, 5.74) is 1.18. The van der Waals surface area contributed by atoms with Gasteiger partial charge in [0.1, 0.15) is 6.04 Å². The summed E-state index contributed by atoms with van der Waals surface area (Å²) in [4.78, 5) is 28.2. The molecular formula is C18H26ClN3O2. The predicted octanol–water partition coefficient (Wildman–Crippen LogP) is 2.14. The maximum atomic E-state index is 12.7. The molecule has 6 heteroatoms. The van der Waals surface area contributed by atoms with Crippen LogP contribution in [-0.2, 0) is 16.1 Å². The van der Waals surface area contributed by atoms with Gasteiger partial charge in [-0.1, -0.05) is 37.6 Å². The van der Waals surface area contributed by atoms with Gasteiger partial charge < -0.3 is 10.2 Å². The topological polar surface area (TPSA) is 52.7 Å². The van der Waals surface area contributed by atoms with Crippen molar-refractivity contribution in [1.29, 1.82) is 0 Å². The molecule has 0 spiro atoms. The largest absolute Gasteiger partial charge is 0.344 e. The van der Waals surface area contributed by atoms with Crippen molar-refractivity contribution in [1.82, 2.24) is 15.1 Å². The minimum Gasteiger partial charge on any atom is -0.344 e. The fourth-order valence-corrected chi connectivity index (χ4v) is 3.16. The van der Waals surface area contributed by atoms with Crippen LogP contribution in [0.1, 0.15) is 26.3 Å². The summed E-state index contributed by atoms with van der Waals surface area (Å²) < 4.78 is 0. The molecule has 5 nitrogen and oxygen atoms in total. The predicted molar refractivity (Wildman–Crippen MR) is 95.8 cm³/mol. The first-order valence-electron chi connectivity index (χ1n) is 8.39. The molecule has 1 fully saturated rings. The van der Waals surface area contributed by atoms with Gasteiger partial charge in [-0.05, 0) is 23.6 Å². The summed E-state index contributed by atoms with van der Waals surface area (Å²) in [6, 6.07) is 7.43. The van der Waals surface area contributed by atoms with E-state index < -0.39 is 6.04 Å². The normalized spacial score (nSPS) is 17.0. The molecule has 0 bridgehead atoms. The highest BCUT2D eigenvalue weighted by Crippen LogP contribution is 2.15. The van der Waals surface area contributed by atoms with E-state index in [1.165, 1.54) is 12.5 Å². The number of nitrogens with one attached hydrogen (secondary N) is 1. The van der Waals surface area contributed by atoms with E-state index in [9.17, 15) is 9.59 Å². The second-order valence-electron chi connectivity index (χ2n) is 6.65. The lowest BCUT2D eigenvalue weighted by atomic mass is 10.0. The van der Waals surface area contributed by atoms with Crippen molar-refractivity contribution in [2.24, 2.45) is 5.92 Å². The molecular weight excluding hydrogens is 326 g/mol. The third kappa shape index (κ3) is 5.21. The Morgan fingerprint density at radius 3 is 2.42 bits per heavy atom. The lowest BCUT2D eigenvalue weighted by Gasteiger charge is -2.37. The number of piperazine rings is 1. The Hall–Kier alpha value is -1.59. The average Bonchev–Trinajstić information content (AvgIpc) is 2.52. The lowest BCUT2D eigenvalue weighted by molar-refractivity contribution is -0.138.